The molecule has 100 valence electrons. The van der Waals surface area contributed by atoms with Gasteiger partial charge >= 0.3 is 5.97 Å². The Hall–Kier alpha value is -2.10. The van der Waals surface area contributed by atoms with Gasteiger partial charge in [0.25, 0.3) is 0 Å². The van der Waals surface area contributed by atoms with Gasteiger partial charge in [0, 0.05) is 18.3 Å². The second-order valence-corrected chi connectivity index (χ2v) is 4.78. The van der Waals surface area contributed by atoms with Crippen LogP contribution in [0.3, 0.4) is 0 Å². The van der Waals surface area contributed by atoms with Gasteiger partial charge in [-0.3, -0.25) is 4.68 Å². The zero-order valence-corrected chi connectivity index (χ0v) is 11.5. The minimum absolute atomic E-state index is 0.317. The number of nitrogens with zero attached hydrogens (tertiary/aromatic N) is 2. The average Bonchev–Trinajstić information content (AvgIpc) is 2.70. The first-order chi connectivity index (χ1) is 9.01. The van der Waals surface area contributed by atoms with Crippen molar-refractivity contribution in [3.05, 3.63) is 41.2 Å². The number of carbonyl (C=O) groups is 1. The third-order valence-corrected chi connectivity index (χ3v) is 3.03. The van der Waals surface area contributed by atoms with E-state index in [4.69, 9.17) is 5.11 Å². The van der Waals surface area contributed by atoms with Crippen LogP contribution < -0.4 is 0 Å². The maximum Gasteiger partial charge on any atom is 0.335 e. The molecule has 0 unspecified atom stereocenters. The fraction of sp³-hybridized carbons (Fsp3) is 0.333. The second-order valence-electron chi connectivity index (χ2n) is 4.78. The first-order valence-corrected chi connectivity index (χ1v) is 6.40. The highest BCUT2D eigenvalue weighted by Gasteiger charge is 2.11. The Labute approximate surface area is 112 Å². The molecule has 0 amide bonds. The zero-order chi connectivity index (χ0) is 14.0. The van der Waals surface area contributed by atoms with Crippen molar-refractivity contribution in [2.24, 2.45) is 0 Å². The van der Waals surface area contributed by atoms with Gasteiger partial charge in [-0.1, -0.05) is 13.0 Å². The molecule has 1 aromatic carbocycles. The molecule has 0 aliphatic carbocycles. The molecule has 1 N–H and O–H groups in total. The monoisotopic (exact) mass is 258 g/mol. The number of aromatic nitrogens is 2. The summed E-state index contributed by atoms with van der Waals surface area (Å²) in [7, 11) is 0. The lowest BCUT2D eigenvalue weighted by Gasteiger charge is -2.04. The number of rotatable bonds is 4. The summed E-state index contributed by atoms with van der Waals surface area (Å²) in [5.41, 5.74) is 4.10. The van der Waals surface area contributed by atoms with E-state index in [0.29, 0.717) is 5.56 Å². The Morgan fingerprint density at radius 3 is 2.68 bits per heavy atom. The number of hydrogen-bond donors (Lipinski definition) is 1. The summed E-state index contributed by atoms with van der Waals surface area (Å²) in [5, 5.41) is 13.6. The summed E-state index contributed by atoms with van der Waals surface area (Å²) < 4.78 is 1.91. The summed E-state index contributed by atoms with van der Waals surface area (Å²) in [4.78, 5) is 11.1. The van der Waals surface area contributed by atoms with Crippen molar-refractivity contribution in [3.63, 3.8) is 0 Å². The van der Waals surface area contributed by atoms with Crippen LogP contribution in [-0.2, 0) is 6.54 Å². The predicted octanol–water partition coefficient (Wildman–Crippen LogP) is 3.28. The Morgan fingerprint density at radius 1 is 1.32 bits per heavy atom. The van der Waals surface area contributed by atoms with Gasteiger partial charge in [0.05, 0.1) is 11.3 Å². The molecule has 4 nitrogen and oxygen atoms in total. The summed E-state index contributed by atoms with van der Waals surface area (Å²) in [6, 6.07) is 5.38. The molecule has 0 bridgehead atoms. The molecule has 1 aromatic heterocycles. The van der Waals surface area contributed by atoms with E-state index in [9.17, 15) is 4.79 Å². The summed E-state index contributed by atoms with van der Waals surface area (Å²) in [6.45, 7) is 6.83. The van der Waals surface area contributed by atoms with Crippen LogP contribution in [-0.4, -0.2) is 20.9 Å². The van der Waals surface area contributed by atoms with E-state index in [1.165, 1.54) is 0 Å². The van der Waals surface area contributed by atoms with Crippen molar-refractivity contribution in [2.75, 3.05) is 0 Å². The second kappa shape index (κ2) is 5.26. The molecule has 19 heavy (non-hydrogen) atoms. The molecule has 0 saturated carbocycles. The van der Waals surface area contributed by atoms with Gasteiger partial charge in [0.15, 0.2) is 0 Å². The van der Waals surface area contributed by atoms with Crippen LogP contribution in [0.25, 0.3) is 11.1 Å². The van der Waals surface area contributed by atoms with Crippen LogP contribution in [0.4, 0.5) is 0 Å². The van der Waals surface area contributed by atoms with E-state index in [2.05, 4.69) is 12.0 Å². The van der Waals surface area contributed by atoms with Gasteiger partial charge in [-0.25, -0.2) is 4.79 Å². The maximum atomic E-state index is 11.1. The lowest BCUT2D eigenvalue weighted by Crippen LogP contribution is -1.97. The van der Waals surface area contributed by atoms with Gasteiger partial charge in [-0.05, 0) is 43.5 Å². The molecular formula is C15H18N2O2. The normalized spacial score (nSPS) is 10.7. The first-order valence-electron chi connectivity index (χ1n) is 6.40. The number of carboxylic acids is 1. The Bertz CT molecular complexity index is 615. The Balaban J connectivity index is 2.49. The minimum Gasteiger partial charge on any atom is -0.478 e. The van der Waals surface area contributed by atoms with Crippen LogP contribution in [0.15, 0.2) is 24.4 Å². The molecule has 2 aromatic rings. The van der Waals surface area contributed by atoms with E-state index in [-0.39, 0.29) is 0 Å². The van der Waals surface area contributed by atoms with Gasteiger partial charge in [-0.2, -0.15) is 5.10 Å². The molecule has 0 aliphatic heterocycles. The molecule has 0 radical (unpaired) electrons. The van der Waals surface area contributed by atoms with E-state index in [1.807, 2.05) is 30.8 Å². The van der Waals surface area contributed by atoms with Crippen LogP contribution in [0.5, 0.6) is 0 Å². The highest BCUT2D eigenvalue weighted by molar-refractivity contribution is 5.89. The quantitative estimate of drug-likeness (QED) is 0.915. The third-order valence-electron chi connectivity index (χ3n) is 3.03. The SMILES string of the molecule is CCCn1cc(-c2cc(C)cc(C(=O)O)c2)c(C)n1. The van der Waals surface area contributed by atoms with Gasteiger partial charge in [0.1, 0.15) is 0 Å². The zero-order valence-electron chi connectivity index (χ0n) is 11.5. The predicted molar refractivity (Wildman–Crippen MR) is 74.4 cm³/mol. The topological polar surface area (TPSA) is 55.1 Å². The van der Waals surface area contributed by atoms with Gasteiger partial charge in [0.2, 0.25) is 0 Å². The van der Waals surface area contributed by atoms with Crippen molar-refractivity contribution < 1.29 is 9.90 Å². The fourth-order valence-corrected chi connectivity index (χ4v) is 2.21. The summed E-state index contributed by atoms with van der Waals surface area (Å²) in [6.07, 6.45) is 3.01. The van der Waals surface area contributed by atoms with Crippen LogP contribution in [0.2, 0.25) is 0 Å². The maximum absolute atomic E-state index is 11.1. The molecule has 0 spiro atoms. The standard InChI is InChI=1S/C15H18N2O2/c1-4-5-17-9-14(11(3)16-17)12-6-10(2)7-13(8-12)15(18)19/h6-9H,4-5H2,1-3H3,(H,18,19). The Morgan fingerprint density at radius 2 is 2.05 bits per heavy atom. The van der Waals surface area contributed by atoms with Crippen LogP contribution in [0, 0.1) is 13.8 Å². The van der Waals surface area contributed by atoms with E-state index < -0.39 is 5.97 Å². The number of aryl methyl sites for hydroxylation is 3. The van der Waals surface area contributed by atoms with E-state index in [1.54, 1.807) is 12.1 Å². The highest BCUT2D eigenvalue weighted by atomic mass is 16.4. The number of benzene rings is 1. The molecule has 4 heteroatoms. The lowest BCUT2D eigenvalue weighted by molar-refractivity contribution is 0.0697. The molecule has 0 fully saturated rings. The molecule has 2 rings (SSSR count). The van der Waals surface area contributed by atoms with Crippen molar-refractivity contribution in [1.29, 1.82) is 0 Å². The van der Waals surface area contributed by atoms with Crippen molar-refractivity contribution in [1.82, 2.24) is 9.78 Å². The number of carboxylic acid groups (broad SMARTS) is 1. The fourth-order valence-electron chi connectivity index (χ4n) is 2.21. The molecule has 0 aliphatic rings. The first kappa shape index (κ1) is 13.3. The summed E-state index contributed by atoms with van der Waals surface area (Å²) >= 11 is 0. The summed E-state index contributed by atoms with van der Waals surface area (Å²) in [5.74, 6) is -0.899. The van der Waals surface area contributed by atoms with E-state index >= 15 is 0 Å². The lowest BCUT2D eigenvalue weighted by atomic mass is 10.0. The van der Waals surface area contributed by atoms with Crippen molar-refractivity contribution in [3.8, 4) is 11.1 Å². The molecular weight excluding hydrogens is 240 g/mol. The highest BCUT2D eigenvalue weighted by Crippen LogP contribution is 2.25. The Kier molecular flexibility index (Phi) is 3.69. The smallest absolute Gasteiger partial charge is 0.335 e. The van der Waals surface area contributed by atoms with Crippen LogP contribution in [0.1, 0.15) is 35.0 Å². The number of hydrogen-bond acceptors (Lipinski definition) is 2. The van der Waals surface area contributed by atoms with Crippen molar-refractivity contribution in [2.45, 2.75) is 33.7 Å². The molecule has 0 saturated heterocycles. The van der Waals surface area contributed by atoms with E-state index in [0.717, 1.165) is 35.3 Å². The largest absolute Gasteiger partial charge is 0.478 e. The van der Waals surface area contributed by atoms with Gasteiger partial charge < -0.3 is 5.11 Å². The van der Waals surface area contributed by atoms with Gasteiger partial charge in [-0.15, -0.1) is 0 Å². The van der Waals surface area contributed by atoms with Crippen molar-refractivity contribution >= 4 is 5.97 Å². The molecule has 0 atom stereocenters. The van der Waals surface area contributed by atoms with Crippen LogP contribution >= 0.6 is 0 Å². The number of aromatic carboxylic acids is 1. The minimum atomic E-state index is -0.899. The third kappa shape index (κ3) is 2.84. The average molecular weight is 258 g/mol. The molecule has 1 heterocycles.